The van der Waals surface area contributed by atoms with Crippen LogP contribution in [0, 0.1) is 32.6 Å². The number of fused-ring (bicyclic) bond motifs is 2. The Bertz CT molecular complexity index is 1080. The van der Waals surface area contributed by atoms with Crippen molar-refractivity contribution in [2.24, 2.45) is 11.8 Å². The standard InChI is InChI=1S/C22H26N4O3.ClH/c1-12-8-17(14(3)28-12)19-9-18(20-13(2)25-29-21(20)24-19)22(27)26-6-4-15-10-23-11-16(15)5-7-26;/h8-9,15-16,23H,4-7,10-11H2,1-3H3;1H/t15-,16+;. The van der Waals surface area contributed by atoms with E-state index in [0.717, 1.165) is 56.1 Å². The average molecular weight is 431 g/mol. The van der Waals surface area contributed by atoms with E-state index in [0.29, 0.717) is 39.9 Å². The van der Waals surface area contributed by atoms with E-state index in [1.807, 2.05) is 37.8 Å². The number of nitrogens with one attached hydrogen (secondary N) is 1. The molecule has 3 aromatic heterocycles. The van der Waals surface area contributed by atoms with Crippen LogP contribution in [-0.2, 0) is 0 Å². The molecule has 30 heavy (non-hydrogen) atoms. The molecule has 3 aromatic rings. The Kier molecular flexibility index (Phi) is 5.59. The number of nitrogens with zero attached hydrogens (tertiary/aromatic N) is 3. The van der Waals surface area contributed by atoms with Gasteiger partial charge in [0.15, 0.2) is 0 Å². The Hall–Kier alpha value is -2.38. The lowest BCUT2D eigenvalue weighted by molar-refractivity contribution is 0.0760. The molecule has 1 N–H and O–H groups in total. The van der Waals surface area contributed by atoms with Crippen molar-refractivity contribution in [3.05, 3.63) is 34.9 Å². The summed E-state index contributed by atoms with van der Waals surface area (Å²) in [5.74, 6) is 2.98. The van der Waals surface area contributed by atoms with E-state index in [1.54, 1.807) is 0 Å². The zero-order chi connectivity index (χ0) is 20.1. The molecular formula is C22H27ClN4O3. The molecule has 160 valence electrons. The van der Waals surface area contributed by atoms with Gasteiger partial charge in [0.05, 0.1) is 22.3 Å². The van der Waals surface area contributed by atoms with Crippen molar-refractivity contribution >= 4 is 29.4 Å². The Morgan fingerprint density at radius 3 is 2.47 bits per heavy atom. The average Bonchev–Trinajstić information content (AvgIpc) is 3.36. The summed E-state index contributed by atoms with van der Waals surface area (Å²) >= 11 is 0. The second-order valence-electron chi connectivity index (χ2n) is 8.38. The van der Waals surface area contributed by atoms with E-state index in [9.17, 15) is 4.79 Å². The molecule has 5 rings (SSSR count). The molecule has 7 nitrogen and oxygen atoms in total. The summed E-state index contributed by atoms with van der Waals surface area (Å²) in [6.45, 7) is 9.38. The first-order valence-electron chi connectivity index (χ1n) is 10.4. The lowest BCUT2D eigenvalue weighted by Gasteiger charge is -2.21. The topological polar surface area (TPSA) is 84.4 Å². The van der Waals surface area contributed by atoms with Crippen LogP contribution in [0.1, 0.15) is 40.4 Å². The molecule has 8 heteroatoms. The summed E-state index contributed by atoms with van der Waals surface area (Å²) < 4.78 is 11.1. The van der Waals surface area contributed by atoms with Crippen LogP contribution in [0.5, 0.6) is 0 Å². The predicted octanol–water partition coefficient (Wildman–Crippen LogP) is 3.90. The van der Waals surface area contributed by atoms with Gasteiger partial charge in [-0.2, -0.15) is 0 Å². The van der Waals surface area contributed by atoms with Gasteiger partial charge in [0, 0.05) is 18.7 Å². The molecule has 0 radical (unpaired) electrons. The maximum absolute atomic E-state index is 13.6. The molecule has 2 aliphatic heterocycles. The van der Waals surface area contributed by atoms with Crippen LogP contribution in [0.15, 0.2) is 21.1 Å². The van der Waals surface area contributed by atoms with Gasteiger partial charge in [-0.05, 0) is 70.7 Å². The third-order valence-electron chi connectivity index (χ3n) is 6.47. The highest BCUT2D eigenvalue weighted by Crippen LogP contribution is 2.32. The molecule has 0 aromatic carbocycles. The summed E-state index contributed by atoms with van der Waals surface area (Å²) in [5, 5.41) is 8.27. The van der Waals surface area contributed by atoms with Crippen molar-refractivity contribution < 1.29 is 13.7 Å². The number of rotatable bonds is 2. The summed E-state index contributed by atoms with van der Waals surface area (Å²) in [7, 11) is 0. The maximum atomic E-state index is 13.6. The van der Waals surface area contributed by atoms with Gasteiger partial charge in [-0.1, -0.05) is 5.16 Å². The molecule has 5 heterocycles. The third-order valence-corrected chi connectivity index (χ3v) is 6.47. The lowest BCUT2D eigenvalue weighted by Crippen LogP contribution is -2.33. The quantitative estimate of drug-likeness (QED) is 0.663. The van der Waals surface area contributed by atoms with Crippen LogP contribution >= 0.6 is 12.4 Å². The molecule has 2 atom stereocenters. The van der Waals surface area contributed by atoms with Crippen LogP contribution < -0.4 is 5.32 Å². The highest BCUT2D eigenvalue weighted by molar-refractivity contribution is 6.07. The van der Waals surface area contributed by atoms with Crippen LogP contribution in [0.25, 0.3) is 22.4 Å². The predicted molar refractivity (Wildman–Crippen MR) is 116 cm³/mol. The van der Waals surface area contributed by atoms with Gasteiger partial charge in [0.2, 0.25) is 0 Å². The number of aromatic nitrogens is 2. The van der Waals surface area contributed by atoms with E-state index < -0.39 is 0 Å². The molecule has 0 saturated carbocycles. The fourth-order valence-corrected chi connectivity index (χ4v) is 4.88. The fourth-order valence-electron chi connectivity index (χ4n) is 4.88. The molecule has 0 bridgehead atoms. The first-order valence-corrected chi connectivity index (χ1v) is 10.4. The van der Waals surface area contributed by atoms with E-state index in [2.05, 4.69) is 15.5 Å². The van der Waals surface area contributed by atoms with Gasteiger partial charge in [0.1, 0.15) is 11.5 Å². The Morgan fingerprint density at radius 1 is 1.13 bits per heavy atom. The second kappa shape index (κ2) is 8.04. The monoisotopic (exact) mass is 430 g/mol. The molecular weight excluding hydrogens is 404 g/mol. The van der Waals surface area contributed by atoms with Gasteiger partial charge in [-0.25, -0.2) is 4.98 Å². The van der Waals surface area contributed by atoms with E-state index >= 15 is 0 Å². The molecule has 0 spiro atoms. The number of hydrogen-bond donors (Lipinski definition) is 1. The minimum atomic E-state index is 0. The minimum absolute atomic E-state index is 0. The number of aryl methyl sites for hydroxylation is 3. The zero-order valence-electron chi connectivity index (χ0n) is 17.5. The van der Waals surface area contributed by atoms with Crippen molar-refractivity contribution in [3.63, 3.8) is 0 Å². The van der Waals surface area contributed by atoms with Gasteiger partial charge in [0.25, 0.3) is 11.6 Å². The van der Waals surface area contributed by atoms with E-state index in [4.69, 9.17) is 8.94 Å². The van der Waals surface area contributed by atoms with Crippen molar-refractivity contribution in [1.82, 2.24) is 20.4 Å². The highest BCUT2D eigenvalue weighted by Gasteiger charge is 2.32. The Balaban J connectivity index is 0.00000218. The van der Waals surface area contributed by atoms with Crippen LogP contribution in [0.2, 0.25) is 0 Å². The Labute approximate surface area is 181 Å². The lowest BCUT2D eigenvalue weighted by atomic mass is 9.92. The second-order valence-corrected chi connectivity index (χ2v) is 8.38. The van der Waals surface area contributed by atoms with Gasteiger partial charge in [-0.3, -0.25) is 4.79 Å². The molecule has 1 amide bonds. The minimum Gasteiger partial charge on any atom is -0.466 e. The van der Waals surface area contributed by atoms with Crippen molar-refractivity contribution in [2.75, 3.05) is 26.2 Å². The molecule has 2 aliphatic rings. The normalized spacial score (nSPS) is 21.4. The van der Waals surface area contributed by atoms with Crippen molar-refractivity contribution in [3.8, 4) is 11.3 Å². The largest absolute Gasteiger partial charge is 0.466 e. The zero-order valence-corrected chi connectivity index (χ0v) is 18.3. The van der Waals surface area contributed by atoms with Gasteiger partial charge < -0.3 is 19.2 Å². The van der Waals surface area contributed by atoms with Crippen molar-refractivity contribution in [1.29, 1.82) is 0 Å². The number of furan rings is 1. The van der Waals surface area contributed by atoms with E-state index in [-0.39, 0.29) is 18.3 Å². The Morgan fingerprint density at radius 2 is 1.83 bits per heavy atom. The number of carbonyl (C=O) groups is 1. The SMILES string of the molecule is Cc1cc(-c2cc(C(=O)N3CC[C@@H]4CNC[C@@H]4CC3)c3c(C)noc3n2)c(C)o1.Cl. The number of pyridine rings is 1. The molecule has 2 fully saturated rings. The first kappa shape index (κ1) is 20.9. The van der Waals surface area contributed by atoms with Gasteiger partial charge >= 0.3 is 0 Å². The van der Waals surface area contributed by atoms with Gasteiger partial charge in [-0.15, -0.1) is 12.4 Å². The molecule has 0 unspecified atom stereocenters. The third kappa shape index (κ3) is 3.50. The van der Waals surface area contributed by atoms with Crippen LogP contribution in [0.4, 0.5) is 0 Å². The highest BCUT2D eigenvalue weighted by atomic mass is 35.5. The summed E-state index contributed by atoms with van der Waals surface area (Å²) in [5.41, 5.74) is 3.27. The number of likely N-dealkylation sites (tertiary alicyclic amines) is 1. The molecule has 0 aliphatic carbocycles. The number of halogens is 1. The van der Waals surface area contributed by atoms with Crippen LogP contribution in [0.3, 0.4) is 0 Å². The summed E-state index contributed by atoms with van der Waals surface area (Å²) in [6, 6.07) is 3.82. The number of carbonyl (C=O) groups excluding carboxylic acids is 1. The molecule has 2 saturated heterocycles. The summed E-state index contributed by atoms with van der Waals surface area (Å²) in [4.78, 5) is 20.2. The van der Waals surface area contributed by atoms with E-state index in [1.165, 1.54) is 0 Å². The first-order chi connectivity index (χ1) is 14.0. The van der Waals surface area contributed by atoms with Crippen molar-refractivity contribution in [2.45, 2.75) is 33.6 Å². The number of amides is 1. The number of hydrogen-bond acceptors (Lipinski definition) is 6. The smallest absolute Gasteiger partial charge is 0.259 e. The fraction of sp³-hybridized carbons (Fsp3) is 0.500. The van der Waals surface area contributed by atoms with Crippen LogP contribution in [-0.4, -0.2) is 47.1 Å². The maximum Gasteiger partial charge on any atom is 0.259 e. The summed E-state index contributed by atoms with van der Waals surface area (Å²) in [6.07, 6.45) is 2.10.